The average Bonchev–Trinajstić information content (AvgIpc) is 2.66. The Morgan fingerprint density at radius 1 is 1.47 bits per heavy atom. The van der Waals surface area contributed by atoms with Gasteiger partial charge < -0.3 is 9.67 Å². The van der Waals surface area contributed by atoms with Crippen molar-refractivity contribution >= 4 is 34.1 Å². The zero-order valence-electron chi connectivity index (χ0n) is 9.45. The predicted molar refractivity (Wildman–Crippen MR) is 72.5 cm³/mol. The number of hydrogen-bond acceptors (Lipinski definition) is 1. The van der Waals surface area contributed by atoms with Gasteiger partial charge in [-0.2, -0.15) is 0 Å². The molecule has 1 aromatic carbocycles. The van der Waals surface area contributed by atoms with Gasteiger partial charge in [0.25, 0.3) is 0 Å². The predicted octanol–water partition coefficient (Wildman–Crippen LogP) is 3.93. The Morgan fingerprint density at radius 3 is 2.88 bits per heavy atom. The average molecular weight is 270 g/mol. The smallest absolute Gasteiger partial charge is 0.0702 e. The van der Waals surface area contributed by atoms with E-state index >= 15 is 0 Å². The van der Waals surface area contributed by atoms with Gasteiger partial charge in [0.15, 0.2) is 0 Å². The summed E-state index contributed by atoms with van der Waals surface area (Å²) >= 11 is 11.7. The number of aliphatic hydroxyl groups is 1. The molecule has 0 bridgehead atoms. The van der Waals surface area contributed by atoms with Crippen LogP contribution in [0.4, 0.5) is 0 Å². The minimum Gasteiger partial charge on any atom is -0.392 e. The number of aliphatic hydroxyl groups excluding tert-OH is 1. The van der Waals surface area contributed by atoms with Crippen molar-refractivity contribution in [3.05, 3.63) is 46.1 Å². The second kappa shape index (κ2) is 5.13. The summed E-state index contributed by atoms with van der Waals surface area (Å²) in [5, 5.41) is 11.0. The van der Waals surface area contributed by atoms with Crippen molar-refractivity contribution < 1.29 is 5.11 Å². The summed E-state index contributed by atoms with van der Waals surface area (Å²) in [4.78, 5) is 0. The second-order valence-corrected chi connectivity index (χ2v) is 4.71. The second-order valence-electron chi connectivity index (χ2n) is 4.06. The van der Waals surface area contributed by atoms with E-state index in [9.17, 15) is 5.11 Å². The number of fused-ring (bicyclic) bond motifs is 1. The molecule has 0 aliphatic heterocycles. The van der Waals surface area contributed by atoms with Crippen LogP contribution in [-0.4, -0.2) is 9.67 Å². The summed E-state index contributed by atoms with van der Waals surface area (Å²) in [6, 6.07) is 5.66. The van der Waals surface area contributed by atoms with Gasteiger partial charge in [0.2, 0.25) is 0 Å². The minimum absolute atomic E-state index is 0.0226. The lowest BCUT2D eigenvalue weighted by Crippen LogP contribution is -1.96. The highest BCUT2D eigenvalue weighted by Crippen LogP contribution is 2.25. The van der Waals surface area contributed by atoms with E-state index in [1.165, 1.54) is 0 Å². The van der Waals surface area contributed by atoms with Crippen molar-refractivity contribution in [1.29, 1.82) is 0 Å². The van der Waals surface area contributed by atoms with E-state index in [-0.39, 0.29) is 6.61 Å². The van der Waals surface area contributed by atoms with Crippen LogP contribution in [0.15, 0.2) is 35.5 Å². The molecule has 0 amide bonds. The highest BCUT2D eigenvalue weighted by molar-refractivity contribution is 6.31. The zero-order valence-corrected chi connectivity index (χ0v) is 11.0. The molecule has 1 aromatic heterocycles. The van der Waals surface area contributed by atoms with Gasteiger partial charge in [-0.15, -0.1) is 0 Å². The molecule has 0 aliphatic rings. The molecule has 4 heteroatoms. The van der Waals surface area contributed by atoms with Crippen molar-refractivity contribution in [1.82, 2.24) is 4.57 Å². The molecule has 0 atom stereocenters. The largest absolute Gasteiger partial charge is 0.392 e. The molecule has 2 rings (SSSR count). The molecule has 0 spiro atoms. The van der Waals surface area contributed by atoms with Crippen molar-refractivity contribution in [3.63, 3.8) is 0 Å². The molecule has 0 radical (unpaired) electrons. The van der Waals surface area contributed by atoms with Crippen LogP contribution in [0.25, 0.3) is 10.9 Å². The van der Waals surface area contributed by atoms with Gasteiger partial charge in [-0.1, -0.05) is 29.3 Å². The van der Waals surface area contributed by atoms with E-state index in [1.54, 1.807) is 5.54 Å². The monoisotopic (exact) mass is 269 g/mol. The summed E-state index contributed by atoms with van der Waals surface area (Å²) in [7, 11) is 0. The molecule has 0 saturated carbocycles. The van der Waals surface area contributed by atoms with Crippen LogP contribution < -0.4 is 0 Å². The molecule has 2 nitrogen and oxygen atoms in total. The van der Waals surface area contributed by atoms with E-state index in [0.29, 0.717) is 11.6 Å². The summed E-state index contributed by atoms with van der Waals surface area (Å²) in [6.07, 6.45) is 1.94. The van der Waals surface area contributed by atoms with Crippen LogP contribution in [0, 0.1) is 0 Å². The molecule has 0 unspecified atom stereocenters. The normalized spacial score (nSPS) is 12.4. The Kier molecular flexibility index (Phi) is 3.77. The third-order valence-electron chi connectivity index (χ3n) is 2.70. The lowest BCUT2D eigenvalue weighted by molar-refractivity contribution is 0.283. The Hall–Kier alpha value is -0.960. The summed E-state index contributed by atoms with van der Waals surface area (Å²) < 4.78 is 2.04. The van der Waals surface area contributed by atoms with E-state index < -0.39 is 0 Å². The zero-order chi connectivity index (χ0) is 12.4. The maximum atomic E-state index is 9.32. The highest BCUT2D eigenvalue weighted by atomic mass is 35.5. The van der Waals surface area contributed by atoms with Crippen molar-refractivity contribution in [3.8, 4) is 0 Å². The first-order valence-electron chi connectivity index (χ1n) is 5.29. The molecule has 90 valence electrons. The van der Waals surface area contributed by atoms with Crippen molar-refractivity contribution in [2.45, 2.75) is 20.1 Å². The number of benzene rings is 1. The van der Waals surface area contributed by atoms with Crippen LogP contribution in [0.3, 0.4) is 0 Å². The minimum atomic E-state index is 0.0226. The van der Waals surface area contributed by atoms with Gasteiger partial charge in [-0.3, -0.25) is 0 Å². The Bertz CT molecular complexity index is 572. The molecular weight excluding hydrogens is 257 g/mol. The number of halogens is 2. The standard InChI is InChI=1S/C13H13Cl2NO/c1-9(5-14)6-16-7-10(8-17)12-3-2-11(15)4-13(12)16/h2-5,7,17H,6,8H2,1H3/b9-5-. The van der Waals surface area contributed by atoms with Gasteiger partial charge in [-0.25, -0.2) is 0 Å². The first-order valence-corrected chi connectivity index (χ1v) is 6.11. The van der Waals surface area contributed by atoms with Gasteiger partial charge in [0.1, 0.15) is 0 Å². The lowest BCUT2D eigenvalue weighted by atomic mass is 10.2. The molecular formula is C13H13Cl2NO. The number of allylic oxidation sites excluding steroid dienone is 1. The van der Waals surface area contributed by atoms with Gasteiger partial charge in [0.05, 0.1) is 12.1 Å². The van der Waals surface area contributed by atoms with Crippen molar-refractivity contribution in [2.75, 3.05) is 0 Å². The van der Waals surface area contributed by atoms with E-state index in [2.05, 4.69) is 0 Å². The maximum absolute atomic E-state index is 9.32. The Labute approximate surface area is 110 Å². The van der Waals surface area contributed by atoms with Gasteiger partial charge >= 0.3 is 0 Å². The molecule has 17 heavy (non-hydrogen) atoms. The Morgan fingerprint density at radius 2 is 2.24 bits per heavy atom. The van der Waals surface area contributed by atoms with Crippen LogP contribution in [0.1, 0.15) is 12.5 Å². The summed E-state index contributed by atoms with van der Waals surface area (Å²) in [5.41, 5.74) is 4.53. The third-order valence-corrected chi connectivity index (χ3v) is 3.31. The number of aromatic nitrogens is 1. The first-order chi connectivity index (χ1) is 8.15. The molecule has 1 heterocycles. The SMILES string of the molecule is C/C(=C/Cl)Cn1cc(CO)c2ccc(Cl)cc21. The van der Waals surface area contributed by atoms with Gasteiger partial charge in [-0.05, 0) is 24.6 Å². The first kappa shape index (κ1) is 12.5. The third kappa shape index (κ3) is 2.49. The fraction of sp³-hybridized carbons (Fsp3) is 0.231. The van der Waals surface area contributed by atoms with E-state index in [1.807, 2.05) is 35.9 Å². The molecule has 0 aliphatic carbocycles. The number of rotatable bonds is 3. The number of nitrogens with zero attached hydrogens (tertiary/aromatic N) is 1. The summed E-state index contributed by atoms with van der Waals surface area (Å²) in [6.45, 7) is 2.68. The topological polar surface area (TPSA) is 25.2 Å². The van der Waals surface area contributed by atoms with E-state index in [0.717, 1.165) is 22.0 Å². The molecule has 0 saturated heterocycles. The fourth-order valence-corrected chi connectivity index (χ4v) is 2.14. The quantitative estimate of drug-likeness (QED) is 0.898. The molecule has 0 fully saturated rings. The molecule has 2 aromatic rings. The van der Waals surface area contributed by atoms with Crippen LogP contribution in [0.2, 0.25) is 5.02 Å². The Balaban J connectivity index is 2.58. The van der Waals surface area contributed by atoms with Crippen molar-refractivity contribution in [2.24, 2.45) is 0 Å². The highest BCUT2D eigenvalue weighted by Gasteiger charge is 2.08. The molecule has 1 N–H and O–H groups in total. The van der Waals surface area contributed by atoms with Crippen LogP contribution in [-0.2, 0) is 13.2 Å². The summed E-state index contributed by atoms with van der Waals surface area (Å²) in [5.74, 6) is 0. The number of hydrogen-bond donors (Lipinski definition) is 1. The van der Waals surface area contributed by atoms with Gasteiger partial charge in [0, 0.05) is 34.2 Å². The van der Waals surface area contributed by atoms with Crippen LogP contribution >= 0.6 is 23.2 Å². The van der Waals surface area contributed by atoms with E-state index in [4.69, 9.17) is 23.2 Å². The van der Waals surface area contributed by atoms with Crippen LogP contribution in [0.5, 0.6) is 0 Å². The lowest BCUT2D eigenvalue weighted by Gasteiger charge is -2.04. The fourth-order valence-electron chi connectivity index (χ4n) is 1.90. The maximum Gasteiger partial charge on any atom is 0.0702 e.